The Morgan fingerprint density at radius 3 is 2.82 bits per heavy atom. The molecule has 3 nitrogen and oxygen atoms in total. The van der Waals surface area contributed by atoms with Gasteiger partial charge in [0, 0.05) is 0 Å². The number of allylic oxidation sites excluding steroid dienone is 3. The lowest BCUT2D eigenvalue weighted by Crippen LogP contribution is -2.27. The molecule has 1 heterocycles. The third-order valence-electron chi connectivity index (χ3n) is 1.37. The Morgan fingerprint density at radius 2 is 2.27 bits per heavy atom. The molecule has 0 amide bonds. The molecule has 0 aliphatic carbocycles. The van der Waals surface area contributed by atoms with Gasteiger partial charge in [-0.2, -0.15) is 10.5 Å². The molecule has 3 heteroatoms. The number of dihydropyridines is 1. The Hall–Kier alpha value is -1.74. The fraction of sp³-hybridized carbons (Fsp3) is 0.250. The van der Waals surface area contributed by atoms with Crippen molar-refractivity contribution in [1.29, 1.82) is 10.5 Å². The first kappa shape index (κ1) is 7.37. The van der Waals surface area contributed by atoms with Crippen LogP contribution in [0.4, 0.5) is 0 Å². The SMILES string of the molecule is CC1=CC(C#N)NC(C#N)=C1. The Bertz CT molecular complexity index is 298. The van der Waals surface area contributed by atoms with Crippen molar-refractivity contribution in [3.05, 3.63) is 23.4 Å². The molecule has 0 aromatic heterocycles. The van der Waals surface area contributed by atoms with E-state index in [0.717, 1.165) is 5.57 Å². The summed E-state index contributed by atoms with van der Waals surface area (Å²) in [5.41, 5.74) is 1.41. The second-order valence-corrected chi connectivity index (χ2v) is 2.33. The second kappa shape index (κ2) is 2.90. The van der Waals surface area contributed by atoms with Crippen LogP contribution in [0.2, 0.25) is 0 Å². The number of nitrogens with zero attached hydrogens (tertiary/aromatic N) is 2. The number of nitrogens with one attached hydrogen (secondary N) is 1. The zero-order chi connectivity index (χ0) is 8.27. The van der Waals surface area contributed by atoms with Crippen LogP contribution in [0.5, 0.6) is 0 Å². The number of nitriles is 2. The minimum atomic E-state index is -0.352. The number of hydrogen-bond donors (Lipinski definition) is 1. The largest absolute Gasteiger partial charge is 0.358 e. The van der Waals surface area contributed by atoms with E-state index in [0.29, 0.717) is 5.70 Å². The maximum Gasteiger partial charge on any atom is 0.134 e. The van der Waals surface area contributed by atoms with Crippen LogP contribution in [0.15, 0.2) is 23.4 Å². The second-order valence-electron chi connectivity index (χ2n) is 2.33. The summed E-state index contributed by atoms with van der Waals surface area (Å²) in [6.45, 7) is 1.86. The van der Waals surface area contributed by atoms with Gasteiger partial charge in [0.05, 0.1) is 6.07 Å². The topological polar surface area (TPSA) is 59.6 Å². The lowest BCUT2D eigenvalue weighted by molar-refractivity contribution is 0.800. The highest BCUT2D eigenvalue weighted by Crippen LogP contribution is 2.07. The van der Waals surface area contributed by atoms with Crippen LogP contribution in [0, 0.1) is 22.7 Å². The van der Waals surface area contributed by atoms with E-state index in [4.69, 9.17) is 10.5 Å². The van der Waals surface area contributed by atoms with Gasteiger partial charge in [-0.05, 0) is 24.6 Å². The molecule has 54 valence electrons. The normalized spacial score (nSPS) is 21.9. The van der Waals surface area contributed by atoms with Gasteiger partial charge in [0.25, 0.3) is 0 Å². The van der Waals surface area contributed by atoms with E-state index in [1.54, 1.807) is 12.2 Å². The summed E-state index contributed by atoms with van der Waals surface area (Å²) in [7, 11) is 0. The highest BCUT2D eigenvalue weighted by Gasteiger charge is 2.09. The van der Waals surface area contributed by atoms with E-state index in [1.165, 1.54) is 0 Å². The highest BCUT2D eigenvalue weighted by molar-refractivity contribution is 5.37. The zero-order valence-electron chi connectivity index (χ0n) is 6.13. The van der Waals surface area contributed by atoms with Gasteiger partial charge in [-0.1, -0.05) is 0 Å². The zero-order valence-corrected chi connectivity index (χ0v) is 6.13. The molecule has 0 aromatic rings. The predicted molar refractivity (Wildman–Crippen MR) is 40.0 cm³/mol. The maximum atomic E-state index is 8.53. The van der Waals surface area contributed by atoms with Gasteiger partial charge in [-0.25, -0.2) is 0 Å². The molecule has 1 N–H and O–H groups in total. The molecule has 0 saturated carbocycles. The van der Waals surface area contributed by atoms with Crippen molar-refractivity contribution in [3.63, 3.8) is 0 Å². The predicted octanol–water partition coefficient (Wildman–Crippen LogP) is 0.836. The summed E-state index contributed by atoms with van der Waals surface area (Å²) in [5.74, 6) is 0. The molecule has 11 heavy (non-hydrogen) atoms. The van der Waals surface area contributed by atoms with Gasteiger partial charge in [-0.15, -0.1) is 0 Å². The third-order valence-corrected chi connectivity index (χ3v) is 1.37. The Labute approximate surface area is 65.2 Å². The maximum absolute atomic E-state index is 8.53. The third kappa shape index (κ3) is 1.59. The molecule has 1 aliphatic heterocycles. The number of rotatable bonds is 0. The summed E-state index contributed by atoms with van der Waals surface area (Å²) in [5, 5.41) is 19.8. The molecule has 0 fully saturated rings. The van der Waals surface area contributed by atoms with Gasteiger partial charge in [0.15, 0.2) is 0 Å². The van der Waals surface area contributed by atoms with Crippen LogP contribution in [0.3, 0.4) is 0 Å². The summed E-state index contributed by atoms with van der Waals surface area (Å²) in [6.07, 6.45) is 3.49. The van der Waals surface area contributed by atoms with Gasteiger partial charge in [0.2, 0.25) is 0 Å². The van der Waals surface area contributed by atoms with E-state index < -0.39 is 0 Å². The van der Waals surface area contributed by atoms with Crippen molar-refractivity contribution in [2.45, 2.75) is 13.0 Å². The molecular formula is C8H7N3. The molecule has 1 rings (SSSR count). The van der Waals surface area contributed by atoms with Crippen molar-refractivity contribution in [3.8, 4) is 12.1 Å². The summed E-state index contributed by atoms with van der Waals surface area (Å²) >= 11 is 0. The van der Waals surface area contributed by atoms with E-state index in [-0.39, 0.29) is 6.04 Å². The molecule has 0 spiro atoms. The van der Waals surface area contributed by atoms with Gasteiger partial charge in [0.1, 0.15) is 17.8 Å². The van der Waals surface area contributed by atoms with Crippen LogP contribution >= 0.6 is 0 Å². The van der Waals surface area contributed by atoms with Gasteiger partial charge < -0.3 is 5.32 Å². The van der Waals surface area contributed by atoms with Crippen molar-refractivity contribution >= 4 is 0 Å². The van der Waals surface area contributed by atoms with E-state index >= 15 is 0 Å². The number of hydrogen-bond acceptors (Lipinski definition) is 3. The van der Waals surface area contributed by atoms with Crippen LogP contribution in [-0.4, -0.2) is 6.04 Å². The van der Waals surface area contributed by atoms with E-state index in [1.807, 2.05) is 19.1 Å². The fourth-order valence-electron chi connectivity index (χ4n) is 0.924. The summed E-state index contributed by atoms with van der Waals surface area (Å²) < 4.78 is 0. The molecule has 1 aliphatic rings. The summed E-state index contributed by atoms with van der Waals surface area (Å²) in [4.78, 5) is 0. The van der Waals surface area contributed by atoms with Crippen LogP contribution < -0.4 is 5.32 Å². The van der Waals surface area contributed by atoms with E-state index in [2.05, 4.69) is 5.32 Å². The van der Waals surface area contributed by atoms with Crippen LogP contribution in [-0.2, 0) is 0 Å². The molecule has 1 unspecified atom stereocenters. The van der Waals surface area contributed by atoms with Crippen LogP contribution in [0.1, 0.15) is 6.92 Å². The Morgan fingerprint density at radius 1 is 1.55 bits per heavy atom. The average molecular weight is 145 g/mol. The lowest BCUT2D eigenvalue weighted by Gasteiger charge is -2.12. The summed E-state index contributed by atoms with van der Waals surface area (Å²) in [6, 6.07) is 3.62. The standard InChI is InChI=1S/C8H7N3/c1-6-2-7(4-9)11-8(3-6)5-10/h2-3,7,11H,1H3. The minimum absolute atomic E-state index is 0.352. The molecule has 0 saturated heterocycles. The minimum Gasteiger partial charge on any atom is -0.358 e. The Kier molecular flexibility index (Phi) is 1.94. The lowest BCUT2D eigenvalue weighted by atomic mass is 10.1. The molecule has 1 atom stereocenters. The quantitative estimate of drug-likeness (QED) is 0.549. The van der Waals surface area contributed by atoms with Gasteiger partial charge >= 0.3 is 0 Å². The van der Waals surface area contributed by atoms with Crippen molar-refractivity contribution < 1.29 is 0 Å². The van der Waals surface area contributed by atoms with Crippen molar-refractivity contribution in [2.24, 2.45) is 0 Å². The van der Waals surface area contributed by atoms with Crippen molar-refractivity contribution in [2.75, 3.05) is 0 Å². The first-order valence-corrected chi connectivity index (χ1v) is 3.22. The molecule has 0 aromatic carbocycles. The monoisotopic (exact) mass is 145 g/mol. The molecule has 0 radical (unpaired) electrons. The first-order valence-electron chi connectivity index (χ1n) is 3.22. The smallest absolute Gasteiger partial charge is 0.134 e. The average Bonchev–Trinajstić information content (AvgIpc) is 2.03. The molecule has 0 bridgehead atoms. The fourth-order valence-corrected chi connectivity index (χ4v) is 0.924. The van der Waals surface area contributed by atoms with Crippen molar-refractivity contribution in [1.82, 2.24) is 5.32 Å². The van der Waals surface area contributed by atoms with E-state index in [9.17, 15) is 0 Å². The van der Waals surface area contributed by atoms with Crippen LogP contribution in [0.25, 0.3) is 0 Å². The highest BCUT2D eigenvalue weighted by atomic mass is 14.9. The Balaban J connectivity index is 2.87. The molecular weight excluding hydrogens is 138 g/mol. The van der Waals surface area contributed by atoms with Gasteiger partial charge in [-0.3, -0.25) is 0 Å². The first-order chi connectivity index (χ1) is 5.26.